The van der Waals surface area contributed by atoms with Gasteiger partial charge in [-0.3, -0.25) is 4.98 Å². The summed E-state index contributed by atoms with van der Waals surface area (Å²) in [6.07, 6.45) is 6.04. The number of benzene rings is 3. The third-order valence-electron chi connectivity index (χ3n) is 5.17. The van der Waals surface area contributed by atoms with Crippen LogP contribution in [0, 0.1) is 0 Å². The van der Waals surface area contributed by atoms with Gasteiger partial charge in [0.25, 0.3) is 0 Å². The van der Waals surface area contributed by atoms with Gasteiger partial charge < -0.3 is 0 Å². The highest BCUT2D eigenvalue weighted by Gasteiger charge is 2.07. The third-order valence-corrected chi connectivity index (χ3v) is 5.17. The van der Waals surface area contributed by atoms with Gasteiger partial charge in [0.1, 0.15) is 0 Å². The first-order valence-electron chi connectivity index (χ1n) is 10.0. The molecule has 0 N–H and O–H groups in total. The van der Waals surface area contributed by atoms with Crippen molar-refractivity contribution in [3.05, 3.63) is 121 Å². The second-order valence-corrected chi connectivity index (χ2v) is 7.11. The van der Waals surface area contributed by atoms with Crippen molar-refractivity contribution < 1.29 is 0 Å². The first-order valence-corrected chi connectivity index (χ1v) is 10.0. The van der Waals surface area contributed by atoms with Gasteiger partial charge in [-0.05, 0) is 46.4 Å². The Kier molecular flexibility index (Phi) is 4.89. The number of hydrogen-bond donors (Lipinski definition) is 0. The average molecular weight is 384 g/mol. The molecule has 2 heteroatoms. The van der Waals surface area contributed by atoms with Crippen LogP contribution in [-0.2, 0) is 0 Å². The zero-order valence-electron chi connectivity index (χ0n) is 16.4. The predicted octanol–water partition coefficient (Wildman–Crippen LogP) is 7.13. The third kappa shape index (κ3) is 3.63. The zero-order chi connectivity index (χ0) is 20.2. The topological polar surface area (TPSA) is 25.8 Å². The summed E-state index contributed by atoms with van der Waals surface area (Å²) in [6, 6.07) is 35.3. The van der Waals surface area contributed by atoms with E-state index in [1.807, 2.05) is 48.7 Å². The van der Waals surface area contributed by atoms with Crippen molar-refractivity contribution in [2.45, 2.75) is 0 Å². The quantitative estimate of drug-likeness (QED) is 0.329. The van der Waals surface area contributed by atoms with Gasteiger partial charge in [-0.25, -0.2) is 4.98 Å². The van der Waals surface area contributed by atoms with Crippen LogP contribution in [0.2, 0.25) is 0 Å². The zero-order valence-corrected chi connectivity index (χ0v) is 16.4. The van der Waals surface area contributed by atoms with Crippen molar-refractivity contribution in [3.8, 4) is 22.5 Å². The van der Waals surface area contributed by atoms with Crippen LogP contribution in [0.25, 0.3) is 45.4 Å². The molecule has 142 valence electrons. The molecule has 0 aliphatic heterocycles. The van der Waals surface area contributed by atoms with Gasteiger partial charge in [-0.1, -0.05) is 91.0 Å². The van der Waals surface area contributed by atoms with E-state index in [0.717, 1.165) is 22.5 Å². The fourth-order valence-electron chi connectivity index (χ4n) is 3.70. The van der Waals surface area contributed by atoms with Crippen molar-refractivity contribution in [2.75, 3.05) is 0 Å². The van der Waals surface area contributed by atoms with Crippen LogP contribution in [0.4, 0.5) is 0 Å². The van der Waals surface area contributed by atoms with E-state index in [1.165, 1.54) is 22.1 Å². The molecule has 0 aliphatic rings. The number of hydrogen-bond acceptors (Lipinski definition) is 2. The van der Waals surface area contributed by atoms with E-state index in [2.05, 4.69) is 77.8 Å². The maximum atomic E-state index is 4.86. The van der Waals surface area contributed by atoms with E-state index in [-0.39, 0.29) is 0 Å². The van der Waals surface area contributed by atoms with Gasteiger partial charge in [0.05, 0.1) is 17.1 Å². The lowest BCUT2D eigenvalue weighted by molar-refractivity contribution is 1.25. The molecule has 2 aromatic heterocycles. The summed E-state index contributed by atoms with van der Waals surface area (Å²) in [7, 11) is 0. The molecule has 0 unspecified atom stereocenters. The molecular weight excluding hydrogens is 364 g/mol. The molecular formula is C28H20N2. The van der Waals surface area contributed by atoms with E-state index in [0.29, 0.717) is 0 Å². The molecule has 0 saturated heterocycles. The lowest BCUT2D eigenvalue weighted by Crippen LogP contribution is -1.91. The maximum absolute atomic E-state index is 4.86. The van der Waals surface area contributed by atoms with E-state index >= 15 is 0 Å². The molecule has 0 saturated carbocycles. The highest BCUT2D eigenvalue weighted by atomic mass is 14.8. The average Bonchev–Trinajstić information content (AvgIpc) is 2.83. The summed E-state index contributed by atoms with van der Waals surface area (Å²) in [6.45, 7) is 0. The smallest absolute Gasteiger partial charge is 0.0964 e. The molecule has 0 aliphatic carbocycles. The lowest BCUT2D eigenvalue weighted by Gasteiger charge is -2.07. The molecule has 0 radical (unpaired) electrons. The van der Waals surface area contributed by atoms with Crippen LogP contribution in [0.5, 0.6) is 0 Å². The Morgan fingerprint density at radius 1 is 0.600 bits per heavy atom. The van der Waals surface area contributed by atoms with Crippen LogP contribution in [-0.4, -0.2) is 9.97 Å². The molecule has 3 aromatic carbocycles. The molecule has 2 heterocycles. The van der Waals surface area contributed by atoms with Crippen molar-refractivity contribution in [3.63, 3.8) is 0 Å². The second kappa shape index (κ2) is 8.14. The minimum Gasteiger partial charge on any atom is -0.254 e. The highest BCUT2D eigenvalue weighted by molar-refractivity contribution is 5.93. The monoisotopic (exact) mass is 384 g/mol. The fourth-order valence-corrected chi connectivity index (χ4v) is 3.70. The Labute approximate surface area is 176 Å². The van der Waals surface area contributed by atoms with E-state index in [9.17, 15) is 0 Å². The summed E-state index contributed by atoms with van der Waals surface area (Å²) in [5.41, 5.74) is 6.28. The minimum absolute atomic E-state index is 0.880. The Morgan fingerprint density at radius 2 is 1.40 bits per heavy atom. The summed E-state index contributed by atoms with van der Waals surface area (Å²) >= 11 is 0. The van der Waals surface area contributed by atoms with Gasteiger partial charge in [0.15, 0.2) is 0 Å². The van der Waals surface area contributed by atoms with Gasteiger partial charge in [0.2, 0.25) is 0 Å². The molecule has 5 rings (SSSR count). The Hall–Kier alpha value is -4.04. The van der Waals surface area contributed by atoms with Crippen LogP contribution in [0.3, 0.4) is 0 Å². The van der Waals surface area contributed by atoms with E-state index < -0.39 is 0 Å². The van der Waals surface area contributed by atoms with Crippen LogP contribution < -0.4 is 0 Å². The Morgan fingerprint density at radius 3 is 2.33 bits per heavy atom. The first kappa shape index (κ1) is 18.0. The molecule has 0 atom stereocenters. The van der Waals surface area contributed by atoms with E-state index in [4.69, 9.17) is 4.98 Å². The van der Waals surface area contributed by atoms with Gasteiger partial charge in [-0.15, -0.1) is 0 Å². The number of nitrogens with zero attached hydrogens (tertiary/aromatic N) is 2. The second-order valence-electron chi connectivity index (χ2n) is 7.11. The van der Waals surface area contributed by atoms with Gasteiger partial charge in [-0.2, -0.15) is 0 Å². The standard InChI is InChI=1S/C28H20N2/c1-2-9-21(10-3-1)25-14-6-4-11-22(25)17-18-24-13-8-16-27(30-24)28-26-15-7-5-12-23(26)19-20-29-28/h1-20H. The summed E-state index contributed by atoms with van der Waals surface area (Å²) in [5.74, 6) is 0. The van der Waals surface area contributed by atoms with Crippen LogP contribution in [0.1, 0.15) is 11.3 Å². The molecule has 5 aromatic rings. The lowest BCUT2D eigenvalue weighted by atomic mass is 9.99. The molecule has 0 fully saturated rings. The van der Waals surface area contributed by atoms with Crippen molar-refractivity contribution in [1.82, 2.24) is 9.97 Å². The maximum Gasteiger partial charge on any atom is 0.0964 e. The Balaban J connectivity index is 1.51. The number of rotatable bonds is 4. The first-order chi connectivity index (χ1) is 14.9. The fraction of sp³-hybridized carbons (Fsp3) is 0. The summed E-state index contributed by atoms with van der Waals surface area (Å²) in [4.78, 5) is 9.47. The normalized spacial score (nSPS) is 11.2. The van der Waals surface area contributed by atoms with Gasteiger partial charge >= 0.3 is 0 Å². The van der Waals surface area contributed by atoms with Crippen LogP contribution in [0.15, 0.2) is 109 Å². The summed E-state index contributed by atoms with van der Waals surface area (Å²) in [5, 5.41) is 2.28. The van der Waals surface area contributed by atoms with E-state index in [1.54, 1.807) is 0 Å². The largest absolute Gasteiger partial charge is 0.254 e. The highest BCUT2D eigenvalue weighted by Crippen LogP contribution is 2.27. The molecule has 0 amide bonds. The number of fused-ring (bicyclic) bond motifs is 1. The number of pyridine rings is 2. The molecule has 2 nitrogen and oxygen atoms in total. The van der Waals surface area contributed by atoms with Crippen molar-refractivity contribution >= 4 is 22.9 Å². The Bertz CT molecular complexity index is 1330. The summed E-state index contributed by atoms with van der Waals surface area (Å²) < 4.78 is 0. The number of aromatic nitrogens is 2. The van der Waals surface area contributed by atoms with Crippen molar-refractivity contribution in [1.29, 1.82) is 0 Å². The van der Waals surface area contributed by atoms with Crippen LogP contribution >= 0.6 is 0 Å². The molecule has 30 heavy (non-hydrogen) atoms. The predicted molar refractivity (Wildman–Crippen MR) is 126 cm³/mol. The SMILES string of the molecule is C(=Cc1ccccc1-c1ccccc1)c1cccc(-c2nccc3ccccc23)n1. The van der Waals surface area contributed by atoms with Crippen molar-refractivity contribution in [2.24, 2.45) is 0 Å². The van der Waals surface area contributed by atoms with Gasteiger partial charge in [0, 0.05) is 11.6 Å². The molecule has 0 bridgehead atoms. The minimum atomic E-state index is 0.880. The molecule has 0 spiro atoms.